The van der Waals surface area contributed by atoms with E-state index in [-0.39, 0.29) is 12.2 Å². The lowest BCUT2D eigenvalue weighted by Crippen LogP contribution is -2.34. The fraction of sp³-hybridized carbons (Fsp3) is 1.00. The molecule has 0 spiro atoms. The van der Waals surface area contributed by atoms with Crippen LogP contribution in [-0.4, -0.2) is 56.0 Å². The topological polar surface area (TPSA) is 21.7 Å². The van der Waals surface area contributed by atoms with Crippen LogP contribution in [0.15, 0.2) is 0 Å². The highest BCUT2D eigenvalue weighted by Gasteiger charge is 2.30. The zero-order valence-corrected chi connectivity index (χ0v) is 10.3. The summed E-state index contributed by atoms with van der Waals surface area (Å²) in [7, 11) is 4.13. The van der Waals surface area contributed by atoms with Crippen molar-refractivity contribution in [3.8, 4) is 0 Å². The highest BCUT2D eigenvalue weighted by atomic mass is 32.2. The van der Waals surface area contributed by atoms with E-state index in [1.54, 1.807) is 0 Å². The number of likely N-dealkylation sites (N-methyl/N-ethyl adjacent to an activating group) is 1. The average Bonchev–Trinajstić information content (AvgIpc) is 2.52. The van der Waals surface area contributed by atoms with Crippen LogP contribution >= 0.6 is 11.8 Å². The Balaban J connectivity index is 2.35. The quantitative estimate of drug-likeness (QED) is 0.697. The Kier molecular flexibility index (Phi) is 5.23. The van der Waals surface area contributed by atoms with Gasteiger partial charge in [-0.05, 0) is 26.8 Å². The second-order valence-electron chi connectivity index (χ2n) is 4.07. The monoisotopic (exact) mass is 219 g/mol. The van der Waals surface area contributed by atoms with Crippen LogP contribution in [-0.2, 0) is 9.47 Å². The number of hydrogen-bond donors (Lipinski definition) is 0. The van der Waals surface area contributed by atoms with Gasteiger partial charge < -0.3 is 14.4 Å². The van der Waals surface area contributed by atoms with E-state index in [2.05, 4.69) is 32.2 Å². The number of ether oxygens (including phenoxy) is 2. The summed E-state index contributed by atoms with van der Waals surface area (Å²) in [6.07, 6.45) is 3.75. The third-order valence-electron chi connectivity index (χ3n) is 2.49. The lowest BCUT2D eigenvalue weighted by Gasteiger charge is -2.22. The van der Waals surface area contributed by atoms with Gasteiger partial charge in [0.15, 0.2) is 0 Å². The van der Waals surface area contributed by atoms with Gasteiger partial charge in [0.25, 0.3) is 0 Å². The van der Waals surface area contributed by atoms with Gasteiger partial charge in [-0.15, -0.1) is 0 Å². The Morgan fingerprint density at radius 3 is 2.57 bits per heavy atom. The van der Waals surface area contributed by atoms with Gasteiger partial charge in [0.05, 0.1) is 12.2 Å². The minimum Gasteiger partial charge on any atom is -0.349 e. The number of rotatable bonds is 5. The maximum atomic E-state index is 5.58. The van der Waals surface area contributed by atoms with Gasteiger partial charge in [-0.25, -0.2) is 0 Å². The molecule has 0 aromatic heterocycles. The van der Waals surface area contributed by atoms with Crippen LogP contribution < -0.4 is 0 Å². The number of thioether (sulfide) groups is 1. The minimum atomic E-state index is 0.250. The van der Waals surface area contributed by atoms with Crippen molar-refractivity contribution in [3.05, 3.63) is 0 Å². The largest absolute Gasteiger partial charge is 0.349 e. The fourth-order valence-corrected chi connectivity index (χ4v) is 1.98. The molecule has 0 N–H and O–H groups in total. The second kappa shape index (κ2) is 5.95. The maximum Gasteiger partial charge on any atom is 0.147 e. The zero-order valence-electron chi connectivity index (χ0n) is 9.53. The molecule has 3 atom stereocenters. The SMILES string of the molecule is CSC(C)C[C@@H]1OCO[C@H]1CN(C)C. The van der Waals surface area contributed by atoms with Crippen LogP contribution in [0.4, 0.5) is 0 Å². The summed E-state index contributed by atoms with van der Waals surface area (Å²) in [6, 6.07) is 0. The van der Waals surface area contributed by atoms with E-state index < -0.39 is 0 Å². The van der Waals surface area contributed by atoms with Crippen LogP contribution in [0, 0.1) is 0 Å². The molecule has 84 valence electrons. The first-order valence-electron chi connectivity index (χ1n) is 5.04. The smallest absolute Gasteiger partial charge is 0.147 e. The molecular formula is C10H21NO2S. The lowest BCUT2D eigenvalue weighted by molar-refractivity contribution is 0.0343. The van der Waals surface area contributed by atoms with Gasteiger partial charge in [-0.1, -0.05) is 6.92 Å². The molecule has 3 nitrogen and oxygen atoms in total. The van der Waals surface area contributed by atoms with Crippen molar-refractivity contribution in [2.45, 2.75) is 30.8 Å². The molecule has 1 heterocycles. The highest BCUT2D eigenvalue weighted by Crippen LogP contribution is 2.22. The molecule has 0 aliphatic carbocycles. The van der Waals surface area contributed by atoms with E-state index in [0.717, 1.165) is 13.0 Å². The fourth-order valence-electron chi connectivity index (χ4n) is 1.60. The normalized spacial score (nSPS) is 29.8. The molecule has 0 radical (unpaired) electrons. The van der Waals surface area contributed by atoms with E-state index in [0.29, 0.717) is 12.0 Å². The van der Waals surface area contributed by atoms with Crippen molar-refractivity contribution in [1.29, 1.82) is 0 Å². The van der Waals surface area contributed by atoms with Crippen molar-refractivity contribution < 1.29 is 9.47 Å². The molecule has 0 aromatic carbocycles. The Labute approximate surface area is 91.1 Å². The molecular weight excluding hydrogens is 198 g/mol. The molecule has 0 aromatic rings. The van der Waals surface area contributed by atoms with E-state index in [1.165, 1.54) is 0 Å². The van der Waals surface area contributed by atoms with Crippen LogP contribution in [0.1, 0.15) is 13.3 Å². The van der Waals surface area contributed by atoms with Crippen LogP contribution in [0.2, 0.25) is 0 Å². The highest BCUT2D eigenvalue weighted by molar-refractivity contribution is 7.99. The molecule has 1 unspecified atom stereocenters. The van der Waals surface area contributed by atoms with Crippen molar-refractivity contribution in [2.75, 3.05) is 33.7 Å². The molecule has 14 heavy (non-hydrogen) atoms. The van der Waals surface area contributed by atoms with Gasteiger partial charge in [0.2, 0.25) is 0 Å². The van der Waals surface area contributed by atoms with Crippen molar-refractivity contribution in [1.82, 2.24) is 4.90 Å². The summed E-state index contributed by atoms with van der Waals surface area (Å²) in [6.45, 7) is 3.65. The molecule has 1 fully saturated rings. The average molecular weight is 219 g/mol. The Hall–Kier alpha value is 0.230. The van der Waals surface area contributed by atoms with Crippen molar-refractivity contribution >= 4 is 11.8 Å². The zero-order chi connectivity index (χ0) is 10.6. The maximum absolute atomic E-state index is 5.58. The predicted molar refractivity (Wildman–Crippen MR) is 60.8 cm³/mol. The van der Waals surface area contributed by atoms with Crippen LogP contribution in [0.5, 0.6) is 0 Å². The standard InChI is InChI=1S/C10H21NO2S/c1-8(14-4)5-9-10(6-11(2)3)13-7-12-9/h8-10H,5-7H2,1-4H3/t8?,9-,10-/m0/s1. The summed E-state index contributed by atoms with van der Waals surface area (Å²) in [5.74, 6) is 0. The predicted octanol–water partition coefficient (Wildman–Crippen LogP) is 1.43. The molecule has 1 saturated heterocycles. The van der Waals surface area contributed by atoms with E-state index in [1.807, 2.05) is 11.8 Å². The molecule has 0 amide bonds. The molecule has 0 bridgehead atoms. The third kappa shape index (κ3) is 3.77. The first-order valence-corrected chi connectivity index (χ1v) is 6.33. The number of hydrogen-bond acceptors (Lipinski definition) is 4. The summed E-state index contributed by atoms with van der Waals surface area (Å²) in [4.78, 5) is 2.15. The molecule has 0 saturated carbocycles. The van der Waals surface area contributed by atoms with Gasteiger partial charge >= 0.3 is 0 Å². The van der Waals surface area contributed by atoms with Crippen LogP contribution in [0.25, 0.3) is 0 Å². The van der Waals surface area contributed by atoms with Gasteiger partial charge in [0.1, 0.15) is 6.79 Å². The molecule has 1 aliphatic rings. The first kappa shape index (κ1) is 12.3. The number of nitrogens with zero attached hydrogens (tertiary/aromatic N) is 1. The van der Waals surface area contributed by atoms with Crippen molar-refractivity contribution in [3.63, 3.8) is 0 Å². The Morgan fingerprint density at radius 1 is 1.36 bits per heavy atom. The second-order valence-corrected chi connectivity index (χ2v) is 5.35. The first-order chi connectivity index (χ1) is 6.63. The molecule has 1 rings (SSSR count). The van der Waals surface area contributed by atoms with Gasteiger partial charge in [-0.2, -0.15) is 11.8 Å². The van der Waals surface area contributed by atoms with Crippen LogP contribution in [0.3, 0.4) is 0 Å². The minimum absolute atomic E-state index is 0.250. The van der Waals surface area contributed by atoms with E-state index in [4.69, 9.17) is 9.47 Å². The Morgan fingerprint density at radius 2 is 2.00 bits per heavy atom. The van der Waals surface area contributed by atoms with E-state index >= 15 is 0 Å². The van der Waals surface area contributed by atoms with E-state index in [9.17, 15) is 0 Å². The summed E-state index contributed by atoms with van der Waals surface area (Å²) < 4.78 is 11.1. The van der Waals surface area contributed by atoms with Gasteiger partial charge in [-0.3, -0.25) is 0 Å². The lowest BCUT2D eigenvalue weighted by atomic mass is 10.1. The Bertz CT molecular complexity index is 166. The summed E-state index contributed by atoms with van der Waals surface area (Å²) in [5, 5.41) is 0.645. The molecule has 1 aliphatic heterocycles. The summed E-state index contributed by atoms with van der Waals surface area (Å²) in [5.41, 5.74) is 0. The third-order valence-corrected chi connectivity index (χ3v) is 3.49. The van der Waals surface area contributed by atoms with Gasteiger partial charge in [0, 0.05) is 11.8 Å². The van der Waals surface area contributed by atoms with Crippen molar-refractivity contribution in [2.24, 2.45) is 0 Å². The summed E-state index contributed by atoms with van der Waals surface area (Å²) >= 11 is 1.88. The molecule has 4 heteroatoms.